The van der Waals surface area contributed by atoms with E-state index in [-0.39, 0.29) is 5.91 Å². The molecule has 104 valence electrons. The summed E-state index contributed by atoms with van der Waals surface area (Å²) in [5, 5.41) is 3.26. The summed E-state index contributed by atoms with van der Waals surface area (Å²) >= 11 is 5.94. The number of pyridine rings is 1. The van der Waals surface area contributed by atoms with Crippen LogP contribution in [0.15, 0.2) is 12.1 Å². The molecule has 4 nitrogen and oxygen atoms in total. The summed E-state index contributed by atoms with van der Waals surface area (Å²) in [7, 11) is 1.76. The van der Waals surface area contributed by atoms with Crippen LogP contribution in [0.3, 0.4) is 0 Å². The number of nitrogens with zero attached hydrogens (tertiary/aromatic N) is 2. The first-order valence-electron chi connectivity index (χ1n) is 6.78. The molecule has 1 amide bonds. The second-order valence-electron chi connectivity index (χ2n) is 5.01. The SMILES string of the molecule is CCCC1CCN(C(=O)c2cc(Cl)nc(NC)c2)C1. The van der Waals surface area contributed by atoms with E-state index in [1.807, 2.05) is 4.90 Å². The summed E-state index contributed by atoms with van der Waals surface area (Å²) in [5.74, 6) is 1.33. The normalized spacial score (nSPS) is 18.7. The summed E-state index contributed by atoms with van der Waals surface area (Å²) in [6.07, 6.45) is 3.48. The zero-order valence-corrected chi connectivity index (χ0v) is 12.2. The van der Waals surface area contributed by atoms with Crippen LogP contribution in [0.25, 0.3) is 0 Å². The molecule has 2 heterocycles. The molecule has 1 saturated heterocycles. The molecule has 1 fully saturated rings. The minimum atomic E-state index is 0.0550. The number of hydrogen-bond acceptors (Lipinski definition) is 3. The van der Waals surface area contributed by atoms with E-state index in [0.29, 0.717) is 22.5 Å². The van der Waals surface area contributed by atoms with Crippen LogP contribution < -0.4 is 5.32 Å². The number of likely N-dealkylation sites (tertiary alicyclic amines) is 1. The molecule has 0 aliphatic carbocycles. The van der Waals surface area contributed by atoms with E-state index in [9.17, 15) is 4.79 Å². The molecule has 1 unspecified atom stereocenters. The van der Waals surface area contributed by atoms with Gasteiger partial charge in [-0.1, -0.05) is 24.9 Å². The van der Waals surface area contributed by atoms with Gasteiger partial charge in [-0.25, -0.2) is 4.98 Å². The van der Waals surface area contributed by atoms with Gasteiger partial charge in [0, 0.05) is 25.7 Å². The fourth-order valence-corrected chi connectivity index (χ4v) is 2.80. The minimum Gasteiger partial charge on any atom is -0.373 e. The van der Waals surface area contributed by atoms with Gasteiger partial charge in [-0.15, -0.1) is 0 Å². The third-order valence-electron chi connectivity index (χ3n) is 3.57. The Morgan fingerprint density at radius 2 is 2.37 bits per heavy atom. The Hall–Kier alpha value is -1.29. The summed E-state index contributed by atoms with van der Waals surface area (Å²) < 4.78 is 0. The first-order valence-corrected chi connectivity index (χ1v) is 7.16. The van der Waals surface area contributed by atoms with Gasteiger partial charge >= 0.3 is 0 Å². The first-order chi connectivity index (χ1) is 9.13. The van der Waals surface area contributed by atoms with Gasteiger partial charge < -0.3 is 10.2 Å². The molecule has 1 aliphatic heterocycles. The van der Waals surface area contributed by atoms with Crippen LogP contribution in [0.1, 0.15) is 36.5 Å². The number of carbonyl (C=O) groups excluding carboxylic acids is 1. The Bertz CT molecular complexity index is 464. The highest BCUT2D eigenvalue weighted by atomic mass is 35.5. The number of aromatic nitrogens is 1. The van der Waals surface area contributed by atoms with Crippen molar-refractivity contribution in [1.82, 2.24) is 9.88 Å². The zero-order chi connectivity index (χ0) is 13.8. The predicted octanol–water partition coefficient (Wildman–Crippen LogP) is 3.04. The quantitative estimate of drug-likeness (QED) is 0.863. The molecule has 19 heavy (non-hydrogen) atoms. The van der Waals surface area contributed by atoms with Crippen LogP contribution >= 0.6 is 11.6 Å². The van der Waals surface area contributed by atoms with Crippen molar-refractivity contribution < 1.29 is 4.79 Å². The summed E-state index contributed by atoms with van der Waals surface area (Å²) in [6.45, 7) is 3.89. The summed E-state index contributed by atoms with van der Waals surface area (Å²) in [4.78, 5) is 18.4. The third kappa shape index (κ3) is 3.38. The lowest BCUT2D eigenvalue weighted by Crippen LogP contribution is -2.28. The van der Waals surface area contributed by atoms with E-state index < -0.39 is 0 Å². The molecule has 1 aromatic rings. The third-order valence-corrected chi connectivity index (χ3v) is 3.76. The standard InChI is InChI=1S/C14H20ClN3O/c1-3-4-10-5-6-18(9-10)14(19)11-7-12(15)17-13(8-11)16-2/h7-8,10H,3-6,9H2,1-2H3,(H,16,17). The first kappa shape index (κ1) is 14.1. The highest BCUT2D eigenvalue weighted by Gasteiger charge is 2.26. The van der Waals surface area contributed by atoms with Gasteiger partial charge in [0.25, 0.3) is 5.91 Å². The van der Waals surface area contributed by atoms with Gasteiger partial charge in [0.2, 0.25) is 0 Å². The molecule has 1 N–H and O–H groups in total. The van der Waals surface area contributed by atoms with Crippen molar-refractivity contribution in [3.05, 3.63) is 22.8 Å². The van der Waals surface area contributed by atoms with Crippen molar-refractivity contribution in [2.24, 2.45) is 5.92 Å². The molecule has 5 heteroatoms. The maximum atomic E-state index is 12.4. The average molecular weight is 282 g/mol. The van der Waals surface area contributed by atoms with Crippen molar-refractivity contribution in [2.75, 3.05) is 25.5 Å². The maximum Gasteiger partial charge on any atom is 0.254 e. The van der Waals surface area contributed by atoms with Gasteiger partial charge in [0.15, 0.2) is 0 Å². The number of nitrogens with one attached hydrogen (secondary N) is 1. The number of amides is 1. The summed E-state index contributed by atoms with van der Waals surface area (Å²) in [6, 6.07) is 3.39. The Balaban J connectivity index is 2.10. The molecule has 0 spiro atoms. The van der Waals surface area contributed by atoms with E-state index in [1.165, 1.54) is 12.8 Å². The largest absolute Gasteiger partial charge is 0.373 e. The van der Waals surface area contributed by atoms with E-state index in [4.69, 9.17) is 11.6 Å². The molecule has 1 aromatic heterocycles. The van der Waals surface area contributed by atoms with E-state index in [1.54, 1.807) is 19.2 Å². The molecule has 1 aliphatic rings. The lowest BCUT2D eigenvalue weighted by molar-refractivity contribution is 0.0786. The molecule has 0 aromatic carbocycles. The van der Waals surface area contributed by atoms with Crippen molar-refractivity contribution in [2.45, 2.75) is 26.2 Å². The highest BCUT2D eigenvalue weighted by Crippen LogP contribution is 2.24. The monoisotopic (exact) mass is 281 g/mol. The lowest BCUT2D eigenvalue weighted by atomic mass is 10.0. The molecule has 0 radical (unpaired) electrons. The Morgan fingerprint density at radius 1 is 1.58 bits per heavy atom. The number of halogens is 1. The fraction of sp³-hybridized carbons (Fsp3) is 0.571. The van der Waals surface area contributed by atoms with E-state index in [0.717, 1.165) is 19.5 Å². The molecule has 1 atom stereocenters. The zero-order valence-electron chi connectivity index (χ0n) is 11.4. The van der Waals surface area contributed by atoms with Crippen LogP contribution in [0, 0.1) is 5.92 Å². The molecule has 0 bridgehead atoms. The number of hydrogen-bond donors (Lipinski definition) is 1. The van der Waals surface area contributed by atoms with E-state index >= 15 is 0 Å². The van der Waals surface area contributed by atoms with Crippen LogP contribution in [0.4, 0.5) is 5.82 Å². The summed E-state index contributed by atoms with van der Waals surface area (Å²) in [5.41, 5.74) is 0.612. The molecular formula is C14H20ClN3O. The maximum absolute atomic E-state index is 12.4. The van der Waals surface area contributed by atoms with Crippen LogP contribution in [-0.2, 0) is 0 Å². The minimum absolute atomic E-state index is 0.0550. The van der Waals surface area contributed by atoms with Gasteiger partial charge in [-0.3, -0.25) is 4.79 Å². The number of carbonyl (C=O) groups is 1. The second kappa shape index (κ2) is 6.24. The number of anilines is 1. The van der Waals surface area contributed by atoms with Gasteiger partial charge in [-0.2, -0.15) is 0 Å². The van der Waals surface area contributed by atoms with E-state index in [2.05, 4.69) is 17.2 Å². The topological polar surface area (TPSA) is 45.2 Å². The van der Waals surface area contributed by atoms with Gasteiger partial charge in [-0.05, 0) is 30.9 Å². The molecule has 0 saturated carbocycles. The van der Waals surface area contributed by atoms with Crippen molar-refractivity contribution >= 4 is 23.3 Å². The van der Waals surface area contributed by atoms with Crippen molar-refractivity contribution in [3.8, 4) is 0 Å². The average Bonchev–Trinajstić information content (AvgIpc) is 2.86. The van der Waals surface area contributed by atoms with Crippen molar-refractivity contribution in [3.63, 3.8) is 0 Å². The molecule has 2 rings (SSSR count). The number of rotatable bonds is 4. The fourth-order valence-electron chi connectivity index (χ4n) is 2.59. The van der Waals surface area contributed by atoms with Gasteiger partial charge in [0.05, 0.1) is 0 Å². The van der Waals surface area contributed by atoms with Crippen LogP contribution in [0.5, 0.6) is 0 Å². The smallest absolute Gasteiger partial charge is 0.254 e. The predicted molar refractivity (Wildman–Crippen MR) is 77.7 cm³/mol. The highest BCUT2D eigenvalue weighted by molar-refractivity contribution is 6.29. The van der Waals surface area contributed by atoms with Gasteiger partial charge in [0.1, 0.15) is 11.0 Å². The lowest BCUT2D eigenvalue weighted by Gasteiger charge is -2.17. The second-order valence-corrected chi connectivity index (χ2v) is 5.40. The van der Waals surface area contributed by atoms with Crippen LogP contribution in [-0.4, -0.2) is 35.9 Å². The van der Waals surface area contributed by atoms with Crippen LogP contribution in [0.2, 0.25) is 5.15 Å². The Kier molecular flexibility index (Phi) is 4.64. The molecular weight excluding hydrogens is 262 g/mol. The Labute approximate surface area is 119 Å². The Morgan fingerprint density at radius 3 is 3.05 bits per heavy atom. The van der Waals surface area contributed by atoms with Crippen molar-refractivity contribution in [1.29, 1.82) is 0 Å².